The van der Waals surface area contributed by atoms with Gasteiger partial charge in [0.15, 0.2) is 0 Å². The smallest absolute Gasteiger partial charge is 0.223 e. The van der Waals surface area contributed by atoms with Gasteiger partial charge in [0, 0.05) is 25.4 Å². The highest BCUT2D eigenvalue weighted by molar-refractivity contribution is 5.83. The Morgan fingerprint density at radius 2 is 1.76 bits per heavy atom. The number of carbonyl (C=O) groups excluding carboxylic acids is 2. The number of nitrogens with zero attached hydrogens (tertiary/aromatic N) is 1. The second-order valence-electron chi connectivity index (χ2n) is 5.58. The molecule has 0 radical (unpaired) electrons. The summed E-state index contributed by atoms with van der Waals surface area (Å²) < 4.78 is 0. The summed E-state index contributed by atoms with van der Waals surface area (Å²) in [4.78, 5) is 25.1. The van der Waals surface area contributed by atoms with E-state index < -0.39 is 0 Å². The van der Waals surface area contributed by atoms with E-state index in [1.807, 2.05) is 4.90 Å². The highest BCUT2D eigenvalue weighted by Gasteiger charge is 2.26. The fourth-order valence-electron chi connectivity index (χ4n) is 2.49. The predicted molar refractivity (Wildman–Crippen MR) is 68.7 cm³/mol. The zero-order chi connectivity index (χ0) is 12.8. The maximum Gasteiger partial charge on any atom is 0.223 e. The van der Waals surface area contributed by atoms with Gasteiger partial charge in [-0.2, -0.15) is 0 Å². The van der Waals surface area contributed by atoms with Crippen LogP contribution in [-0.4, -0.2) is 29.2 Å². The first-order valence-electron chi connectivity index (χ1n) is 6.79. The summed E-state index contributed by atoms with van der Waals surface area (Å²) in [6.07, 6.45) is 5.52. The number of Topliss-reactive ketones (excluding diaryl/α,β-unsaturated/α-hetero) is 1. The topological polar surface area (TPSA) is 37.4 Å². The molecule has 1 saturated carbocycles. The minimum atomic E-state index is 0.106. The number of ketones is 1. The van der Waals surface area contributed by atoms with E-state index >= 15 is 0 Å². The fraction of sp³-hybridized carbons (Fsp3) is 0.857. The second-order valence-corrected chi connectivity index (χ2v) is 5.58. The largest absolute Gasteiger partial charge is 0.339 e. The molecule has 0 spiro atoms. The minimum Gasteiger partial charge on any atom is -0.339 e. The van der Waals surface area contributed by atoms with E-state index in [2.05, 4.69) is 13.8 Å². The Hall–Kier alpha value is -0.860. The van der Waals surface area contributed by atoms with Crippen molar-refractivity contribution in [1.29, 1.82) is 0 Å². The molecule has 1 aliphatic rings. The Labute approximate surface area is 105 Å². The van der Waals surface area contributed by atoms with Gasteiger partial charge in [-0.3, -0.25) is 4.79 Å². The number of hydrogen-bond acceptors (Lipinski definition) is 2. The maximum absolute atomic E-state index is 12.1. The molecule has 0 atom stereocenters. The normalized spacial score (nSPS) is 16.5. The Morgan fingerprint density at radius 1 is 1.18 bits per heavy atom. The number of rotatable bonds is 6. The summed E-state index contributed by atoms with van der Waals surface area (Å²) in [6, 6.07) is 0.428. The van der Waals surface area contributed by atoms with Crippen LogP contribution >= 0.6 is 0 Å². The third-order valence-electron chi connectivity index (χ3n) is 3.34. The van der Waals surface area contributed by atoms with Gasteiger partial charge in [-0.1, -0.05) is 26.7 Å². The van der Waals surface area contributed by atoms with Gasteiger partial charge in [-0.05, 0) is 25.7 Å². The summed E-state index contributed by atoms with van der Waals surface area (Å²) in [7, 11) is 0. The van der Waals surface area contributed by atoms with Crippen molar-refractivity contribution >= 4 is 11.7 Å². The zero-order valence-corrected chi connectivity index (χ0v) is 11.4. The molecule has 0 bridgehead atoms. The molecule has 3 heteroatoms. The van der Waals surface area contributed by atoms with Crippen molar-refractivity contribution in [2.75, 3.05) is 6.54 Å². The van der Waals surface area contributed by atoms with Crippen LogP contribution < -0.4 is 0 Å². The monoisotopic (exact) mass is 239 g/mol. The van der Waals surface area contributed by atoms with Gasteiger partial charge < -0.3 is 9.69 Å². The molecule has 1 rings (SSSR count). The molecule has 1 fully saturated rings. The maximum atomic E-state index is 12.1. The van der Waals surface area contributed by atoms with E-state index in [0.29, 0.717) is 24.8 Å². The molecular weight excluding hydrogens is 214 g/mol. The summed E-state index contributed by atoms with van der Waals surface area (Å²) in [5.74, 6) is 0.770. The molecule has 3 nitrogen and oxygen atoms in total. The third kappa shape index (κ3) is 4.88. The molecule has 0 unspecified atom stereocenters. The first-order valence-corrected chi connectivity index (χ1v) is 6.79. The van der Waals surface area contributed by atoms with Gasteiger partial charge in [0.05, 0.1) is 0 Å². The van der Waals surface area contributed by atoms with E-state index in [1.165, 1.54) is 12.8 Å². The van der Waals surface area contributed by atoms with E-state index in [-0.39, 0.29) is 11.7 Å². The third-order valence-corrected chi connectivity index (χ3v) is 3.34. The molecule has 0 saturated heterocycles. The molecule has 0 aromatic rings. The van der Waals surface area contributed by atoms with E-state index in [9.17, 15) is 9.59 Å². The zero-order valence-electron chi connectivity index (χ0n) is 11.4. The minimum absolute atomic E-state index is 0.106. The summed E-state index contributed by atoms with van der Waals surface area (Å²) in [6.45, 7) is 6.66. The number of amides is 1. The lowest BCUT2D eigenvalue weighted by molar-refractivity contribution is -0.135. The lowest BCUT2D eigenvalue weighted by Crippen LogP contribution is -2.41. The molecule has 0 aromatic heterocycles. The van der Waals surface area contributed by atoms with Crippen molar-refractivity contribution in [3.05, 3.63) is 0 Å². The van der Waals surface area contributed by atoms with Crippen LogP contribution in [0.4, 0.5) is 0 Å². The average Bonchev–Trinajstić information content (AvgIpc) is 2.75. The van der Waals surface area contributed by atoms with Crippen LogP contribution in [0.3, 0.4) is 0 Å². The van der Waals surface area contributed by atoms with Gasteiger partial charge in [-0.15, -0.1) is 0 Å². The van der Waals surface area contributed by atoms with Crippen molar-refractivity contribution in [1.82, 2.24) is 4.90 Å². The molecule has 0 N–H and O–H groups in total. The standard InChI is InChI=1S/C14H25NO2/c1-11(2)10-15(13-6-4-5-7-13)14(17)9-8-12(3)16/h11,13H,4-10H2,1-3H3. The van der Waals surface area contributed by atoms with Gasteiger partial charge in [0.1, 0.15) is 5.78 Å². The van der Waals surface area contributed by atoms with Crippen LogP contribution in [0, 0.1) is 5.92 Å². The predicted octanol–water partition coefficient (Wildman–Crippen LogP) is 2.78. The molecule has 17 heavy (non-hydrogen) atoms. The summed E-state index contributed by atoms with van der Waals surface area (Å²) in [5, 5.41) is 0. The van der Waals surface area contributed by atoms with E-state index in [0.717, 1.165) is 19.4 Å². The first kappa shape index (κ1) is 14.2. The SMILES string of the molecule is CC(=O)CCC(=O)N(CC(C)C)C1CCCC1. The highest BCUT2D eigenvalue weighted by atomic mass is 16.2. The van der Waals surface area contributed by atoms with Crippen molar-refractivity contribution in [2.45, 2.75) is 65.3 Å². The van der Waals surface area contributed by atoms with E-state index in [4.69, 9.17) is 0 Å². The lowest BCUT2D eigenvalue weighted by Gasteiger charge is -2.30. The van der Waals surface area contributed by atoms with Crippen LogP contribution in [0.15, 0.2) is 0 Å². The first-order chi connectivity index (χ1) is 8.00. The van der Waals surface area contributed by atoms with Gasteiger partial charge in [-0.25, -0.2) is 0 Å². The van der Waals surface area contributed by atoms with Crippen LogP contribution in [0.2, 0.25) is 0 Å². The van der Waals surface area contributed by atoms with Crippen LogP contribution in [-0.2, 0) is 9.59 Å². The second kappa shape index (κ2) is 6.77. The summed E-state index contributed by atoms with van der Waals surface area (Å²) >= 11 is 0. The van der Waals surface area contributed by atoms with Crippen molar-refractivity contribution in [3.8, 4) is 0 Å². The highest BCUT2D eigenvalue weighted by Crippen LogP contribution is 2.25. The molecule has 98 valence electrons. The number of carbonyl (C=O) groups is 2. The summed E-state index contributed by atoms with van der Waals surface area (Å²) in [5.41, 5.74) is 0. The molecule has 0 heterocycles. The molecular formula is C14H25NO2. The van der Waals surface area contributed by atoms with Crippen molar-refractivity contribution in [3.63, 3.8) is 0 Å². The quantitative estimate of drug-likeness (QED) is 0.714. The Kier molecular flexibility index (Phi) is 5.66. The average molecular weight is 239 g/mol. The Morgan fingerprint density at radius 3 is 2.24 bits per heavy atom. The molecule has 0 aromatic carbocycles. The fourth-order valence-corrected chi connectivity index (χ4v) is 2.49. The van der Waals surface area contributed by atoms with Gasteiger partial charge in [0.25, 0.3) is 0 Å². The number of hydrogen-bond donors (Lipinski definition) is 0. The Bertz CT molecular complexity index is 267. The molecule has 1 amide bonds. The van der Waals surface area contributed by atoms with Crippen LogP contribution in [0.5, 0.6) is 0 Å². The molecule has 0 aliphatic heterocycles. The van der Waals surface area contributed by atoms with Gasteiger partial charge >= 0.3 is 0 Å². The molecule has 1 aliphatic carbocycles. The lowest BCUT2D eigenvalue weighted by atomic mass is 10.1. The van der Waals surface area contributed by atoms with Crippen LogP contribution in [0.1, 0.15) is 59.3 Å². The van der Waals surface area contributed by atoms with Gasteiger partial charge in [0.2, 0.25) is 5.91 Å². The Balaban J connectivity index is 2.54. The van der Waals surface area contributed by atoms with Crippen molar-refractivity contribution < 1.29 is 9.59 Å². The van der Waals surface area contributed by atoms with E-state index in [1.54, 1.807) is 6.92 Å². The van der Waals surface area contributed by atoms with Crippen LogP contribution in [0.25, 0.3) is 0 Å². The van der Waals surface area contributed by atoms with Crippen molar-refractivity contribution in [2.24, 2.45) is 5.92 Å².